The van der Waals surface area contributed by atoms with Crippen LogP contribution in [0.5, 0.6) is 0 Å². The summed E-state index contributed by atoms with van der Waals surface area (Å²) in [7, 11) is 1.57. The number of aliphatic carboxylic acids is 1. The van der Waals surface area contributed by atoms with E-state index in [0.29, 0.717) is 12.4 Å². The molecule has 1 aromatic rings. The first-order valence-corrected chi connectivity index (χ1v) is 5.86. The highest BCUT2D eigenvalue weighted by Gasteiger charge is 2.44. The lowest BCUT2D eigenvalue weighted by Crippen LogP contribution is -2.57. The van der Waals surface area contributed by atoms with Crippen LogP contribution in [0, 0.1) is 0 Å². The van der Waals surface area contributed by atoms with Crippen LogP contribution >= 0.6 is 0 Å². The summed E-state index contributed by atoms with van der Waals surface area (Å²) in [6, 6.07) is -0.468. The zero-order chi connectivity index (χ0) is 13.9. The van der Waals surface area contributed by atoms with Crippen molar-refractivity contribution in [2.24, 2.45) is 0 Å². The normalized spacial score (nSPS) is 22.2. The van der Waals surface area contributed by atoms with Crippen molar-refractivity contribution in [2.75, 3.05) is 20.3 Å². The second-order valence-electron chi connectivity index (χ2n) is 4.51. The molecule has 1 aliphatic rings. The summed E-state index contributed by atoms with van der Waals surface area (Å²) < 4.78 is 5.08. The molecule has 2 heterocycles. The number of H-pyrrole nitrogens is 1. The van der Waals surface area contributed by atoms with Gasteiger partial charge >= 0.3 is 12.0 Å². The standard InChI is InChI=1S/C11H16N4O4/c1-15(6-8-12-3-4-13-8)10(18)14-11(9(16)17)2-5-19-7-11/h3-4H,2,5-7H2,1H3,(H,12,13)(H,14,18)(H,16,17). The van der Waals surface area contributed by atoms with Gasteiger partial charge in [0.1, 0.15) is 5.82 Å². The number of carbonyl (C=O) groups is 2. The predicted molar refractivity (Wildman–Crippen MR) is 64.4 cm³/mol. The average molecular weight is 268 g/mol. The molecule has 19 heavy (non-hydrogen) atoms. The molecule has 1 unspecified atom stereocenters. The van der Waals surface area contributed by atoms with Gasteiger partial charge in [0, 0.05) is 32.5 Å². The molecule has 1 atom stereocenters. The molecule has 0 radical (unpaired) electrons. The Hall–Kier alpha value is -2.09. The van der Waals surface area contributed by atoms with E-state index in [4.69, 9.17) is 4.74 Å². The van der Waals surface area contributed by atoms with Crippen LogP contribution in [-0.4, -0.2) is 57.8 Å². The Labute approximate surface area is 109 Å². The highest BCUT2D eigenvalue weighted by Crippen LogP contribution is 2.19. The highest BCUT2D eigenvalue weighted by molar-refractivity contribution is 5.86. The van der Waals surface area contributed by atoms with Gasteiger partial charge < -0.3 is 25.0 Å². The lowest BCUT2D eigenvalue weighted by molar-refractivity contribution is -0.144. The van der Waals surface area contributed by atoms with Gasteiger partial charge in [-0.2, -0.15) is 0 Å². The van der Waals surface area contributed by atoms with E-state index in [-0.39, 0.29) is 19.6 Å². The number of hydrogen-bond acceptors (Lipinski definition) is 4. The number of aromatic nitrogens is 2. The first kappa shape index (κ1) is 13.3. The number of amides is 2. The number of hydrogen-bond donors (Lipinski definition) is 3. The SMILES string of the molecule is CN(Cc1ncc[nH]1)C(=O)NC1(C(=O)O)CCOC1. The van der Waals surface area contributed by atoms with E-state index in [1.165, 1.54) is 4.90 Å². The molecule has 1 aliphatic heterocycles. The van der Waals surface area contributed by atoms with Crippen molar-refractivity contribution in [3.05, 3.63) is 18.2 Å². The van der Waals surface area contributed by atoms with Gasteiger partial charge in [-0.15, -0.1) is 0 Å². The molecule has 2 amide bonds. The van der Waals surface area contributed by atoms with E-state index in [0.717, 1.165) is 0 Å². The molecule has 8 nitrogen and oxygen atoms in total. The predicted octanol–water partition coefficient (Wildman–Crippen LogP) is -0.205. The van der Waals surface area contributed by atoms with Crippen molar-refractivity contribution in [3.8, 4) is 0 Å². The topological polar surface area (TPSA) is 108 Å². The fourth-order valence-corrected chi connectivity index (χ4v) is 1.87. The van der Waals surface area contributed by atoms with E-state index in [2.05, 4.69) is 15.3 Å². The number of carboxylic acid groups (broad SMARTS) is 1. The highest BCUT2D eigenvalue weighted by atomic mass is 16.5. The third-order valence-corrected chi connectivity index (χ3v) is 3.07. The van der Waals surface area contributed by atoms with Gasteiger partial charge in [-0.1, -0.05) is 0 Å². The molecule has 0 spiro atoms. The third kappa shape index (κ3) is 2.84. The van der Waals surface area contributed by atoms with Gasteiger partial charge in [0.05, 0.1) is 13.2 Å². The minimum Gasteiger partial charge on any atom is -0.479 e. The van der Waals surface area contributed by atoms with Crippen molar-refractivity contribution in [1.29, 1.82) is 0 Å². The summed E-state index contributed by atoms with van der Waals surface area (Å²) >= 11 is 0. The number of imidazole rings is 1. The van der Waals surface area contributed by atoms with Crippen LogP contribution in [0.15, 0.2) is 12.4 Å². The van der Waals surface area contributed by atoms with Crippen molar-refractivity contribution in [1.82, 2.24) is 20.2 Å². The second kappa shape index (κ2) is 5.27. The number of nitrogens with one attached hydrogen (secondary N) is 2. The zero-order valence-corrected chi connectivity index (χ0v) is 10.5. The number of urea groups is 1. The summed E-state index contributed by atoms with van der Waals surface area (Å²) in [4.78, 5) is 31.5. The fraction of sp³-hybridized carbons (Fsp3) is 0.545. The van der Waals surface area contributed by atoms with Gasteiger partial charge in [0.25, 0.3) is 0 Å². The molecule has 2 rings (SSSR count). The summed E-state index contributed by atoms with van der Waals surface area (Å²) in [6.45, 7) is 0.590. The molecule has 1 fully saturated rings. The van der Waals surface area contributed by atoms with E-state index >= 15 is 0 Å². The van der Waals surface area contributed by atoms with E-state index in [9.17, 15) is 14.7 Å². The van der Waals surface area contributed by atoms with E-state index in [1.54, 1.807) is 19.4 Å². The first-order chi connectivity index (χ1) is 9.03. The Morgan fingerprint density at radius 2 is 2.47 bits per heavy atom. The van der Waals surface area contributed by atoms with Crippen molar-refractivity contribution >= 4 is 12.0 Å². The molecule has 0 bridgehead atoms. The van der Waals surface area contributed by atoms with Crippen molar-refractivity contribution < 1.29 is 19.4 Å². The maximum Gasteiger partial charge on any atom is 0.332 e. The lowest BCUT2D eigenvalue weighted by atomic mass is 9.99. The lowest BCUT2D eigenvalue weighted by Gasteiger charge is -2.27. The number of carbonyl (C=O) groups excluding carboxylic acids is 1. The summed E-state index contributed by atoms with van der Waals surface area (Å²) in [6.07, 6.45) is 3.51. The van der Waals surface area contributed by atoms with Crippen LogP contribution in [-0.2, 0) is 16.1 Å². The molecule has 1 saturated heterocycles. The molecule has 0 saturated carbocycles. The number of rotatable bonds is 4. The Morgan fingerprint density at radius 1 is 1.68 bits per heavy atom. The van der Waals surface area contributed by atoms with Crippen LogP contribution < -0.4 is 5.32 Å². The monoisotopic (exact) mass is 268 g/mol. The maximum absolute atomic E-state index is 12.0. The number of aromatic amines is 1. The van der Waals surface area contributed by atoms with Gasteiger partial charge in [-0.05, 0) is 0 Å². The average Bonchev–Trinajstić information content (AvgIpc) is 3.00. The number of carboxylic acids is 1. The van der Waals surface area contributed by atoms with Crippen molar-refractivity contribution in [2.45, 2.75) is 18.5 Å². The molecular weight excluding hydrogens is 252 g/mol. The summed E-state index contributed by atoms with van der Waals surface area (Å²) in [5.74, 6) is -0.450. The molecule has 0 aromatic carbocycles. The smallest absolute Gasteiger partial charge is 0.332 e. The largest absolute Gasteiger partial charge is 0.479 e. The Balaban J connectivity index is 1.97. The van der Waals surface area contributed by atoms with Crippen LogP contribution in [0.3, 0.4) is 0 Å². The second-order valence-corrected chi connectivity index (χ2v) is 4.51. The van der Waals surface area contributed by atoms with Gasteiger partial charge in [-0.25, -0.2) is 14.6 Å². The van der Waals surface area contributed by atoms with E-state index < -0.39 is 17.5 Å². The van der Waals surface area contributed by atoms with Crippen LogP contribution in [0.4, 0.5) is 4.79 Å². The van der Waals surface area contributed by atoms with Crippen molar-refractivity contribution in [3.63, 3.8) is 0 Å². The fourth-order valence-electron chi connectivity index (χ4n) is 1.87. The molecular formula is C11H16N4O4. The molecule has 104 valence electrons. The quantitative estimate of drug-likeness (QED) is 0.700. The van der Waals surface area contributed by atoms with Crippen LogP contribution in [0.2, 0.25) is 0 Å². The summed E-state index contributed by atoms with van der Waals surface area (Å²) in [5, 5.41) is 11.7. The Kier molecular flexibility index (Phi) is 3.70. The van der Waals surface area contributed by atoms with Gasteiger partial charge in [0.2, 0.25) is 0 Å². The van der Waals surface area contributed by atoms with Gasteiger partial charge in [-0.3, -0.25) is 0 Å². The van der Waals surface area contributed by atoms with Crippen LogP contribution in [0.1, 0.15) is 12.2 Å². The molecule has 8 heteroatoms. The number of nitrogens with zero attached hydrogens (tertiary/aromatic N) is 2. The summed E-state index contributed by atoms with van der Waals surface area (Å²) in [5.41, 5.74) is -1.32. The maximum atomic E-state index is 12.0. The number of ether oxygens (including phenoxy) is 1. The molecule has 0 aliphatic carbocycles. The molecule has 3 N–H and O–H groups in total. The van der Waals surface area contributed by atoms with Gasteiger partial charge in [0.15, 0.2) is 5.54 Å². The van der Waals surface area contributed by atoms with Crippen LogP contribution in [0.25, 0.3) is 0 Å². The minimum absolute atomic E-state index is 0.0112. The Bertz CT molecular complexity index is 453. The van der Waals surface area contributed by atoms with E-state index in [1.807, 2.05) is 0 Å². The molecule has 1 aromatic heterocycles. The minimum atomic E-state index is -1.32. The first-order valence-electron chi connectivity index (χ1n) is 5.86. The Morgan fingerprint density at radius 3 is 3.00 bits per heavy atom. The third-order valence-electron chi connectivity index (χ3n) is 3.07. The zero-order valence-electron chi connectivity index (χ0n) is 10.5.